The number of carbonyl (C=O) groups is 1. The van der Waals surface area contributed by atoms with Gasteiger partial charge in [0.25, 0.3) is 5.91 Å². The lowest BCUT2D eigenvalue weighted by Crippen LogP contribution is -2.18. The van der Waals surface area contributed by atoms with Crippen LogP contribution in [0.3, 0.4) is 0 Å². The molecule has 26 heavy (non-hydrogen) atoms. The zero-order chi connectivity index (χ0) is 18.7. The number of phenols is 2. The number of carbonyl (C=O) groups excluding carboxylic acids is 1. The number of halogens is 2. The van der Waals surface area contributed by atoms with Crippen LogP contribution >= 0.6 is 31.9 Å². The molecule has 0 atom stereocenters. The molecular formula is C18H13Br2N3O3. The van der Waals surface area contributed by atoms with E-state index in [9.17, 15) is 15.0 Å². The molecule has 3 aromatic rings. The quantitative estimate of drug-likeness (QED) is 0.388. The average molecular weight is 479 g/mol. The van der Waals surface area contributed by atoms with E-state index in [-0.39, 0.29) is 11.5 Å². The second kappa shape index (κ2) is 7.76. The normalized spacial score (nSPS) is 11.0. The molecule has 0 radical (unpaired) electrons. The molecule has 1 aromatic heterocycles. The highest BCUT2D eigenvalue weighted by Gasteiger charge is 2.11. The number of aromatic nitrogens is 1. The molecule has 0 saturated carbocycles. The lowest BCUT2D eigenvalue weighted by Gasteiger charge is -2.07. The molecule has 0 aliphatic rings. The summed E-state index contributed by atoms with van der Waals surface area (Å²) in [5.74, 6) is -0.197. The third-order valence-corrected chi connectivity index (χ3v) is 4.76. The Balaban J connectivity index is 1.75. The third-order valence-electron chi connectivity index (χ3n) is 3.55. The van der Waals surface area contributed by atoms with Gasteiger partial charge in [-0.3, -0.25) is 4.79 Å². The maximum absolute atomic E-state index is 12.2. The number of nitrogens with one attached hydrogen (secondary N) is 1. The summed E-state index contributed by atoms with van der Waals surface area (Å²) < 4.78 is 2.67. The Morgan fingerprint density at radius 2 is 1.73 bits per heavy atom. The van der Waals surface area contributed by atoms with Crippen molar-refractivity contribution in [2.24, 2.45) is 5.10 Å². The first-order valence-corrected chi connectivity index (χ1v) is 9.02. The predicted molar refractivity (Wildman–Crippen MR) is 106 cm³/mol. The van der Waals surface area contributed by atoms with Crippen molar-refractivity contribution in [3.63, 3.8) is 0 Å². The molecule has 2 aromatic carbocycles. The number of benzene rings is 2. The topological polar surface area (TPSA) is 86.9 Å². The summed E-state index contributed by atoms with van der Waals surface area (Å²) in [7, 11) is 0. The Hall–Kier alpha value is -2.58. The maximum Gasteiger partial charge on any atom is 0.271 e. The zero-order valence-corrected chi connectivity index (χ0v) is 16.4. The molecule has 6 nitrogen and oxygen atoms in total. The van der Waals surface area contributed by atoms with Crippen molar-refractivity contribution in [2.45, 2.75) is 0 Å². The molecule has 3 N–H and O–H groups in total. The highest BCUT2D eigenvalue weighted by molar-refractivity contribution is 9.11. The lowest BCUT2D eigenvalue weighted by molar-refractivity contribution is 0.0955. The maximum atomic E-state index is 12.2. The molecule has 3 rings (SSSR count). The number of nitrogens with zero attached hydrogens (tertiary/aromatic N) is 2. The summed E-state index contributed by atoms with van der Waals surface area (Å²) in [6.07, 6.45) is 3.37. The third kappa shape index (κ3) is 3.97. The molecule has 0 saturated heterocycles. The van der Waals surface area contributed by atoms with Gasteiger partial charge in [-0.15, -0.1) is 0 Å². The standard InChI is InChI=1S/C18H13Br2N3O3/c19-15-8-11(9-16(20)17(15)25)18(26)22-21-10-13-2-1-7-23(13)12-3-5-14(24)6-4-12/h1-10,24-25H,(H,22,26)/b21-10-. The number of rotatable bonds is 4. The van der Waals surface area contributed by atoms with E-state index in [4.69, 9.17) is 0 Å². The SMILES string of the molecule is O=C(N/N=C\c1cccn1-c1ccc(O)cc1)c1cc(Br)c(O)c(Br)c1. The van der Waals surface area contributed by atoms with Crippen molar-refractivity contribution in [3.8, 4) is 17.2 Å². The van der Waals surface area contributed by atoms with Gasteiger partial charge in [-0.25, -0.2) is 5.43 Å². The van der Waals surface area contributed by atoms with Crippen LogP contribution in [-0.2, 0) is 0 Å². The molecular weight excluding hydrogens is 466 g/mol. The molecule has 0 spiro atoms. The Morgan fingerprint density at radius 3 is 2.38 bits per heavy atom. The van der Waals surface area contributed by atoms with Gasteiger partial charge in [0.1, 0.15) is 11.5 Å². The van der Waals surface area contributed by atoms with Crippen LogP contribution in [0.5, 0.6) is 11.5 Å². The van der Waals surface area contributed by atoms with Gasteiger partial charge in [-0.2, -0.15) is 5.10 Å². The highest BCUT2D eigenvalue weighted by atomic mass is 79.9. The van der Waals surface area contributed by atoms with E-state index in [2.05, 4.69) is 42.4 Å². The minimum absolute atomic E-state index is 0.0248. The van der Waals surface area contributed by atoms with Gasteiger partial charge in [0.2, 0.25) is 0 Å². The first-order valence-electron chi connectivity index (χ1n) is 7.44. The molecule has 1 heterocycles. The number of hydrogen-bond donors (Lipinski definition) is 3. The second-order valence-electron chi connectivity index (χ2n) is 5.31. The van der Waals surface area contributed by atoms with Gasteiger partial charge in [0.15, 0.2) is 0 Å². The van der Waals surface area contributed by atoms with E-state index < -0.39 is 5.91 Å². The fraction of sp³-hybridized carbons (Fsp3) is 0. The van der Waals surface area contributed by atoms with Crippen molar-refractivity contribution < 1.29 is 15.0 Å². The van der Waals surface area contributed by atoms with Crippen LogP contribution in [0.4, 0.5) is 0 Å². The number of phenolic OH excluding ortho intramolecular Hbond substituents is 2. The van der Waals surface area contributed by atoms with Gasteiger partial charge in [0.05, 0.1) is 20.9 Å². The van der Waals surface area contributed by atoms with Crippen LogP contribution in [0.2, 0.25) is 0 Å². The molecule has 132 valence electrons. The molecule has 0 fully saturated rings. The number of amides is 1. The van der Waals surface area contributed by atoms with E-state index in [1.165, 1.54) is 18.3 Å². The van der Waals surface area contributed by atoms with Crippen LogP contribution in [0.1, 0.15) is 16.1 Å². The Morgan fingerprint density at radius 1 is 1.08 bits per heavy atom. The monoisotopic (exact) mass is 477 g/mol. The predicted octanol–water partition coefficient (Wildman–Crippen LogP) is 4.18. The molecule has 1 amide bonds. The van der Waals surface area contributed by atoms with Crippen molar-refractivity contribution in [3.05, 3.63) is 74.9 Å². The molecule has 0 aliphatic heterocycles. The van der Waals surface area contributed by atoms with Gasteiger partial charge >= 0.3 is 0 Å². The molecule has 0 bridgehead atoms. The Bertz CT molecular complexity index is 959. The Labute approximate surface area is 166 Å². The Kier molecular flexibility index (Phi) is 5.43. The smallest absolute Gasteiger partial charge is 0.271 e. The van der Waals surface area contributed by atoms with Gasteiger partial charge in [-0.05, 0) is 80.4 Å². The van der Waals surface area contributed by atoms with E-state index in [0.717, 1.165) is 11.4 Å². The summed E-state index contributed by atoms with van der Waals surface area (Å²) in [5.41, 5.74) is 4.40. The number of hydrazone groups is 1. The van der Waals surface area contributed by atoms with Crippen LogP contribution in [0.15, 0.2) is 68.8 Å². The molecule has 0 aliphatic carbocycles. The van der Waals surface area contributed by atoms with Crippen LogP contribution < -0.4 is 5.43 Å². The fourth-order valence-corrected chi connectivity index (χ4v) is 3.45. The largest absolute Gasteiger partial charge is 0.508 e. The first-order chi connectivity index (χ1) is 12.5. The summed E-state index contributed by atoms with van der Waals surface area (Å²) in [6.45, 7) is 0. The number of aromatic hydroxyl groups is 2. The van der Waals surface area contributed by atoms with Crippen molar-refractivity contribution in [2.75, 3.05) is 0 Å². The molecule has 8 heteroatoms. The van der Waals surface area contributed by atoms with Gasteiger partial charge in [-0.1, -0.05) is 0 Å². The van der Waals surface area contributed by atoms with Crippen molar-refractivity contribution >= 4 is 44.0 Å². The number of hydrogen-bond acceptors (Lipinski definition) is 4. The average Bonchev–Trinajstić information content (AvgIpc) is 3.08. The van der Waals surface area contributed by atoms with Gasteiger partial charge < -0.3 is 14.8 Å². The summed E-state index contributed by atoms with van der Waals surface area (Å²) >= 11 is 6.37. The van der Waals surface area contributed by atoms with E-state index in [0.29, 0.717) is 14.5 Å². The second-order valence-corrected chi connectivity index (χ2v) is 7.02. The summed E-state index contributed by atoms with van der Waals surface area (Å²) in [4.78, 5) is 12.2. The van der Waals surface area contributed by atoms with Crippen molar-refractivity contribution in [1.82, 2.24) is 9.99 Å². The highest BCUT2D eigenvalue weighted by Crippen LogP contribution is 2.33. The summed E-state index contributed by atoms with van der Waals surface area (Å²) in [5, 5.41) is 23.1. The van der Waals surface area contributed by atoms with Crippen LogP contribution in [-0.4, -0.2) is 26.9 Å². The first kappa shape index (κ1) is 18.2. The fourth-order valence-electron chi connectivity index (χ4n) is 2.27. The summed E-state index contributed by atoms with van der Waals surface area (Å²) in [6, 6.07) is 13.4. The van der Waals surface area contributed by atoms with Gasteiger partial charge in [0, 0.05) is 17.4 Å². The van der Waals surface area contributed by atoms with Crippen LogP contribution in [0, 0.1) is 0 Å². The van der Waals surface area contributed by atoms with E-state index >= 15 is 0 Å². The lowest BCUT2D eigenvalue weighted by atomic mass is 10.2. The van der Waals surface area contributed by atoms with E-state index in [1.54, 1.807) is 24.3 Å². The minimum Gasteiger partial charge on any atom is -0.508 e. The minimum atomic E-state index is -0.412. The molecule has 0 unspecified atom stereocenters. The van der Waals surface area contributed by atoms with E-state index in [1.807, 2.05) is 22.9 Å². The zero-order valence-electron chi connectivity index (χ0n) is 13.2. The van der Waals surface area contributed by atoms with Crippen LogP contribution in [0.25, 0.3) is 5.69 Å². The van der Waals surface area contributed by atoms with Crippen molar-refractivity contribution in [1.29, 1.82) is 0 Å².